The molecule has 0 unspecified atom stereocenters. The molecule has 0 N–H and O–H groups in total. The van der Waals surface area contributed by atoms with Crippen LogP contribution in [0.25, 0.3) is 0 Å². The zero-order chi connectivity index (χ0) is 9.40. The van der Waals surface area contributed by atoms with Gasteiger partial charge in [0.25, 0.3) is 6.43 Å². The molecule has 0 spiro atoms. The molecule has 0 aromatic heterocycles. The van der Waals surface area contributed by atoms with Crippen molar-refractivity contribution < 1.29 is 23.0 Å². The highest BCUT2D eigenvalue weighted by Gasteiger charge is 2.04. The summed E-state index contributed by atoms with van der Waals surface area (Å²) in [5.74, 6) is -0.424. The molecule has 72 valence electrons. The van der Waals surface area contributed by atoms with Crippen LogP contribution in [0.2, 0.25) is 0 Å². The Labute approximate surface area is 69.6 Å². The highest BCUT2D eigenvalue weighted by molar-refractivity contribution is 5.69. The van der Waals surface area contributed by atoms with E-state index in [0.717, 1.165) is 0 Å². The molecule has 0 saturated heterocycles. The van der Waals surface area contributed by atoms with E-state index in [9.17, 15) is 13.6 Å². The first-order chi connectivity index (χ1) is 5.66. The van der Waals surface area contributed by atoms with Crippen molar-refractivity contribution in [1.82, 2.24) is 0 Å². The standard InChI is InChI=1S/C7H12F2O3/c1-2-12-7(10)3-4-11-5-6(8)9/h6H,2-5H2,1H3. The van der Waals surface area contributed by atoms with Gasteiger partial charge in [0.15, 0.2) is 0 Å². The number of esters is 1. The summed E-state index contributed by atoms with van der Waals surface area (Å²) in [5, 5.41) is 0. The van der Waals surface area contributed by atoms with Gasteiger partial charge in [-0.3, -0.25) is 4.79 Å². The monoisotopic (exact) mass is 182 g/mol. The van der Waals surface area contributed by atoms with E-state index in [1.807, 2.05) is 0 Å². The second kappa shape index (κ2) is 6.97. The fourth-order valence-electron chi connectivity index (χ4n) is 0.561. The number of ether oxygens (including phenoxy) is 2. The van der Waals surface area contributed by atoms with Gasteiger partial charge in [0.2, 0.25) is 0 Å². The third kappa shape index (κ3) is 7.40. The van der Waals surface area contributed by atoms with Crippen LogP contribution in [0.1, 0.15) is 13.3 Å². The molecule has 0 rings (SSSR count). The molecular formula is C7H12F2O3. The van der Waals surface area contributed by atoms with E-state index < -0.39 is 19.0 Å². The van der Waals surface area contributed by atoms with Gasteiger partial charge in [0, 0.05) is 0 Å². The average molecular weight is 182 g/mol. The Kier molecular flexibility index (Phi) is 6.55. The molecule has 0 aromatic rings. The normalized spacial score (nSPS) is 10.3. The number of carbonyl (C=O) groups is 1. The van der Waals surface area contributed by atoms with Gasteiger partial charge in [-0.15, -0.1) is 0 Å². The minimum Gasteiger partial charge on any atom is -0.466 e. The first kappa shape index (κ1) is 11.3. The minimum absolute atomic E-state index is 0.0107. The zero-order valence-electron chi connectivity index (χ0n) is 6.89. The van der Waals surface area contributed by atoms with Crippen molar-refractivity contribution in [3.8, 4) is 0 Å². The van der Waals surface area contributed by atoms with Crippen molar-refractivity contribution in [3.05, 3.63) is 0 Å². The van der Waals surface area contributed by atoms with Gasteiger partial charge in [0.1, 0.15) is 6.61 Å². The number of hydrogen-bond donors (Lipinski definition) is 0. The van der Waals surface area contributed by atoms with Crippen LogP contribution in [0.3, 0.4) is 0 Å². The second-order valence-electron chi connectivity index (χ2n) is 2.02. The molecule has 0 bridgehead atoms. The van der Waals surface area contributed by atoms with Gasteiger partial charge in [-0.2, -0.15) is 0 Å². The lowest BCUT2D eigenvalue weighted by atomic mass is 10.5. The molecule has 0 radical (unpaired) electrons. The molecule has 0 aliphatic carbocycles. The lowest BCUT2D eigenvalue weighted by Crippen LogP contribution is -2.11. The summed E-state index contributed by atoms with van der Waals surface area (Å²) in [5.41, 5.74) is 0. The summed E-state index contributed by atoms with van der Waals surface area (Å²) >= 11 is 0. The van der Waals surface area contributed by atoms with Gasteiger partial charge in [-0.05, 0) is 6.92 Å². The fourth-order valence-corrected chi connectivity index (χ4v) is 0.561. The maximum atomic E-state index is 11.5. The van der Waals surface area contributed by atoms with Crippen molar-refractivity contribution in [2.75, 3.05) is 19.8 Å². The summed E-state index contributed by atoms with van der Waals surface area (Å²) < 4.78 is 31.9. The third-order valence-corrected chi connectivity index (χ3v) is 1.000. The Hall–Kier alpha value is -0.710. The first-order valence-electron chi connectivity index (χ1n) is 3.68. The predicted molar refractivity (Wildman–Crippen MR) is 38.1 cm³/mol. The molecule has 0 aliphatic rings. The first-order valence-corrected chi connectivity index (χ1v) is 3.68. The van der Waals surface area contributed by atoms with Gasteiger partial charge in [0.05, 0.1) is 19.6 Å². The van der Waals surface area contributed by atoms with E-state index >= 15 is 0 Å². The molecule has 5 heteroatoms. The maximum absolute atomic E-state index is 11.5. The summed E-state index contributed by atoms with van der Waals surface area (Å²) in [7, 11) is 0. The molecule has 0 fully saturated rings. The molecular weight excluding hydrogens is 170 g/mol. The topological polar surface area (TPSA) is 35.5 Å². The lowest BCUT2D eigenvalue weighted by molar-refractivity contribution is -0.144. The van der Waals surface area contributed by atoms with Crippen LogP contribution in [0.5, 0.6) is 0 Å². The number of halogens is 2. The predicted octanol–water partition coefficient (Wildman–Crippen LogP) is 1.22. The Morgan fingerprint density at radius 2 is 2.17 bits per heavy atom. The van der Waals surface area contributed by atoms with Gasteiger partial charge >= 0.3 is 5.97 Å². The molecule has 12 heavy (non-hydrogen) atoms. The van der Waals surface area contributed by atoms with E-state index in [-0.39, 0.29) is 13.0 Å². The van der Waals surface area contributed by atoms with Crippen LogP contribution in [-0.4, -0.2) is 32.2 Å². The summed E-state index contributed by atoms with van der Waals surface area (Å²) in [6, 6.07) is 0. The third-order valence-electron chi connectivity index (χ3n) is 1.000. The van der Waals surface area contributed by atoms with Crippen LogP contribution >= 0.6 is 0 Å². The van der Waals surface area contributed by atoms with Gasteiger partial charge < -0.3 is 9.47 Å². The van der Waals surface area contributed by atoms with Crippen LogP contribution in [0.15, 0.2) is 0 Å². The fraction of sp³-hybridized carbons (Fsp3) is 0.857. The Bertz CT molecular complexity index is 128. The molecule has 0 aromatic carbocycles. The van der Waals surface area contributed by atoms with Gasteiger partial charge in [-0.25, -0.2) is 8.78 Å². The quantitative estimate of drug-likeness (QED) is 0.457. The second-order valence-corrected chi connectivity index (χ2v) is 2.02. The molecule has 0 amide bonds. The lowest BCUT2D eigenvalue weighted by Gasteiger charge is -2.02. The van der Waals surface area contributed by atoms with Crippen molar-refractivity contribution in [2.24, 2.45) is 0 Å². The molecule has 0 heterocycles. The van der Waals surface area contributed by atoms with Crippen molar-refractivity contribution in [2.45, 2.75) is 19.8 Å². The van der Waals surface area contributed by atoms with E-state index in [2.05, 4.69) is 9.47 Å². The molecule has 3 nitrogen and oxygen atoms in total. The van der Waals surface area contributed by atoms with Crippen molar-refractivity contribution >= 4 is 5.97 Å². The number of rotatable bonds is 6. The molecule has 0 saturated carbocycles. The van der Waals surface area contributed by atoms with E-state index in [0.29, 0.717) is 6.61 Å². The van der Waals surface area contributed by atoms with Crippen LogP contribution in [0, 0.1) is 0 Å². The number of alkyl halides is 2. The van der Waals surface area contributed by atoms with Crippen LogP contribution < -0.4 is 0 Å². The largest absolute Gasteiger partial charge is 0.466 e. The average Bonchev–Trinajstić information content (AvgIpc) is 1.98. The smallest absolute Gasteiger partial charge is 0.308 e. The van der Waals surface area contributed by atoms with Crippen molar-refractivity contribution in [1.29, 1.82) is 0 Å². The number of carbonyl (C=O) groups excluding carboxylic acids is 1. The zero-order valence-corrected chi connectivity index (χ0v) is 6.89. The highest BCUT2D eigenvalue weighted by Crippen LogP contribution is 1.94. The Morgan fingerprint density at radius 3 is 2.67 bits per heavy atom. The summed E-state index contributed by atoms with van der Waals surface area (Å²) in [6.45, 7) is 1.34. The van der Waals surface area contributed by atoms with Gasteiger partial charge in [-0.1, -0.05) is 0 Å². The van der Waals surface area contributed by atoms with E-state index in [4.69, 9.17) is 0 Å². The van der Waals surface area contributed by atoms with E-state index in [1.165, 1.54) is 0 Å². The summed E-state index contributed by atoms with van der Waals surface area (Å²) in [4.78, 5) is 10.6. The maximum Gasteiger partial charge on any atom is 0.308 e. The molecule has 0 aliphatic heterocycles. The summed E-state index contributed by atoms with van der Waals surface area (Å²) in [6.07, 6.45) is -2.45. The van der Waals surface area contributed by atoms with Crippen LogP contribution in [0.4, 0.5) is 8.78 Å². The number of hydrogen-bond acceptors (Lipinski definition) is 3. The van der Waals surface area contributed by atoms with Crippen LogP contribution in [-0.2, 0) is 14.3 Å². The Balaban J connectivity index is 3.14. The van der Waals surface area contributed by atoms with Crippen molar-refractivity contribution in [3.63, 3.8) is 0 Å². The Morgan fingerprint density at radius 1 is 1.50 bits per heavy atom. The minimum atomic E-state index is -2.48. The SMILES string of the molecule is CCOC(=O)CCOCC(F)F. The highest BCUT2D eigenvalue weighted by atomic mass is 19.3. The van der Waals surface area contributed by atoms with E-state index in [1.54, 1.807) is 6.92 Å². The molecule has 0 atom stereocenters.